The molecule has 2 aromatic rings. The fourth-order valence-electron chi connectivity index (χ4n) is 2.68. The Kier molecular flexibility index (Phi) is 5.20. The molecule has 124 valence electrons. The molecule has 5 nitrogen and oxygen atoms in total. The SMILES string of the molecule is Cc1cc(OCCSCc2nnnn2C2CC2)ccc1C(C)C. The first-order valence-electron chi connectivity index (χ1n) is 8.23. The quantitative estimate of drug-likeness (QED) is 0.689. The maximum Gasteiger partial charge on any atom is 0.161 e. The lowest BCUT2D eigenvalue weighted by molar-refractivity contribution is 0.343. The topological polar surface area (TPSA) is 52.8 Å². The molecule has 1 aliphatic rings. The normalized spacial score (nSPS) is 14.4. The second-order valence-electron chi connectivity index (χ2n) is 6.34. The van der Waals surface area contributed by atoms with E-state index in [0.29, 0.717) is 18.6 Å². The summed E-state index contributed by atoms with van der Waals surface area (Å²) in [7, 11) is 0. The van der Waals surface area contributed by atoms with Gasteiger partial charge in [0.15, 0.2) is 5.82 Å². The standard InChI is InChI=1S/C17H24N4OS/c1-12(2)16-7-6-15(10-13(16)3)22-8-9-23-11-17-18-19-20-21(17)14-4-5-14/h6-7,10,12,14H,4-5,8-9,11H2,1-3H3. The van der Waals surface area contributed by atoms with Crippen molar-refractivity contribution in [3.63, 3.8) is 0 Å². The van der Waals surface area contributed by atoms with Crippen LogP contribution in [0.15, 0.2) is 18.2 Å². The number of thioether (sulfide) groups is 1. The number of hydrogen-bond donors (Lipinski definition) is 0. The Labute approximate surface area is 141 Å². The Bertz CT molecular complexity index is 652. The van der Waals surface area contributed by atoms with Gasteiger partial charge in [-0.25, -0.2) is 4.68 Å². The highest BCUT2D eigenvalue weighted by Crippen LogP contribution is 2.34. The van der Waals surface area contributed by atoms with Crippen LogP contribution in [0.4, 0.5) is 0 Å². The molecule has 1 aliphatic carbocycles. The van der Waals surface area contributed by atoms with Crippen LogP contribution in [0.1, 0.15) is 55.6 Å². The van der Waals surface area contributed by atoms with Crippen LogP contribution in [0.2, 0.25) is 0 Å². The van der Waals surface area contributed by atoms with Gasteiger partial charge in [0.1, 0.15) is 5.75 Å². The van der Waals surface area contributed by atoms with Gasteiger partial charge >= 0.3 is 0 Å². The molecular formula is C17H24N4OS. The van der Waals surface area contributed by atoms with Crippen LogP contribution in [0, 0.1) is 6.92 Å². The van der Waals surface area contributed by atoms with E-state index < -0.39 is 0 Å². The van der Waals surface area contributed by atoms with Gasteiger partial charge in [0.25, 0.3) is 0 Å². The fraction of sp³-hybridized carbons (Fsp3) is 0.588. The number of aromatic nitrogens is 4. The van der Waals surface area contributed by atoms with Gasteiger partial charge in [-0.15, -0.1) is 5.10 Å². The molecule has 0 amide bonds. The minimum Gasteiger partial charge on any atom is -0.493 e. The number of rotatable bonds is 8. The zero-order valence-electron chi connectivity index (χ0n) is 14.0. The number of nitrogens with zero attached hydrogens (tertiary/aromatic N) is 4. The third kappa shape index (κ3) is 4.25. The van der Waals surface area contributed by atoms with E-state index in [4.69, 9.17) is 4.74 Å². The van der Waals surface area contributed by atoms with E-state index >= 15 is 0 Å². The van der Waals surface area contributed by atoms with Gasteiger partial charge in [-0.3, -0.25) is 0 Å². The molecule has 0 bridgehead atoms. The van der Waals surface area contributed by atoms with E-state index in [1.165, 1.54) is 24.0 Å². The summed E-state index contributed by atoms with van der Waals surface area (Å²) in [4.78, 5) is 0. The number of tetrazole rings is 1. The largest absolute Gasteiger partial charge is 0.493 e. The maximum atomic E-state index is 5.85. The summed E-state index contributed by atoms with van der Waals surface area (Å²) in [6, 6.07) is 6.92. The van der Waals surface area contributed by atoms with Gasteiger partial charge < -0.3 is 4.74 Å². The van der Waals surface area contributed by atoms with Crippen molar-refractivity contribution in [2.45, 2.75) is 51.3 Å². The molecule has 0 unspecified atom stereocenters. The molecule has 1 fully saturated rings. The summed E-state index contributed by atoms with van der Waals surface area (Å²) in [5, 5.41) is 12.0. The molecule has 1 aromatic heterocycles. The maximum absolute atomic E-state index is 5.85. The third-order valence-corrected chi connectivity index (χ3v) is 4.96. The molecule has 1 aromatic carbocycles. The zero-order chi connectivity index (χ0) is 16.2. The molecule has 0 aliphatic heterocycles. The fourth-order valence-corrected chi connectivity index (χ4v) is 3.40. The molecule has 0 spiro atoms. The van der Waals surface area contributed by atoms with E-state index in [-0.39, 0.29) is 0 Å². The third-order valence-electron chi connectivity index (χ3n) is 4.04. The van der Waals surface area contributed by atoms with Crippen LogP contribution in [-0.4, -0.2) is 32.6 Å². The summed E-state index contributed by atoms with van der Waals surface area (Å²) in [5.41, 5.74) is 2.69. The molecule has 1 saturated carbocycles. The minimum atomic E-state index is 0.541. The zero-order valence-corrected chi connectivity index (χ0v) is 14.8. The van der Waals surface area contributed by atoms with Crippen LogP contribution in [0.25, 0.3) is 0 Å². The van der Waals surface area contributed by atoms with Crippen molar-refractivity contribution in [3.05, 3.63) is 35.2 Å². The minimum absolute atomic E-state index is 0.541. The molecule has 0 radical (unpaired) electrons. The first-order valence-corrected chi connectivity index (χ1v) is 9.38. The van der Waals surface area contributed by atoms with Gasteiger partial charge in [-0.05, 0) is 59.4 Å². The molecule has 0 saturated heterocycles. The van der Waals surface area contributed by atoms with Gasteiger partial charge in [0.2, 0.25) is 0 Å². The summed E-state index contributed by atoms with van der Waals surface area (Å²) in [5.74, 6) is 4.27. The highest BCUT2D eigenvalue weighted by atomic mass is 32.2. The van der Waals surface area contributed by atoms with Crippen molar-refractivity contribution in [1.29, 1.82) is 0 Å². The van der Waals surface area contributed by atoms with Crippen molar-refractivity contribution >= 4 is 11.8 Å². The van der Waals surface area contributed by atoms with E-state index in [0.717, 1.165) is 23.1 Å². The summed E-state index contributed by atoms with van der Waals surface area (Å²) in [6.07, 6.45) is 2.41. The highest BCUT2D eigenvalue weighted by molar-refractivity contribution is 7.98. The monoisotopic (exact) mass is 332 g/mol. The van der Waals surface area contributed by atoms with Gasteiger partial charge in [-0.1, -0.05) is 19.9 Å². The van der Waals surface area contributed by atoms with Crippen molar-refractivity contribution < 1.29 is 4.74 Å². The Morgan fingerprint density at radius 3 is 2.87 bits per heavy atom. The van der Waals surface area contributed by atoms with Crippen LogP contribution >= 0.6 is 11.8 Å². The van der Waals surface area contributed by atoms with Crippen LogP contribution in [0.5, 0.6) is 5.75 Å². The Morgan fingerprint density at radius 2 is 2.17 bits per heavy atom. The molecular weight excluding hydrogens is 308 g/mol. The number of hydrogen-bond acceptors (Lipinski definition) is 5. The number of aryl methyl sites for hydroxylation is 1. The molecule has 6 heteroatoms. The average molecular weight is 332 g/mol. The average Bonchev–Trinajstić information content (AvgIpc) is 3.26. The number of benzene rings is 1. The van der Waals surface area contributed by atoms with E-state index in [1.807, 2.05) is 16.4 Å². The molecule has 0 N–H and O–H groups in total. The highest BCUT2D eigenvalue weighted by Gasteiger charge is 2.27. The summed E-state index contributed by atoms with van der Waals surface area (Å²) in [6.45, 7) is 7.29. The summed E-state index contributed by atoms with van der Waals surface area (Å²) >= 11 is 1.81. The Morgan fingerprint density at radius 1 is 1.35 bits per heavy atom. The van der Waals surface area contributed by atoms with Gasteiger partial charge in [0, 0.05) is 5.75 Å². The lowest BCUT2D eigenvalue weighted by atomic mass is 9.98. The van der Waals surface area contributed by atoms with Gasteiger partial charge in [-0.2, -0.15) is 11.8 Å². The predicted octanol–water partition coefficient (Wildman–Crippen LogP) is 3.75. The van der Waals surface area contributed by atoms with E-state index in [9.17, 15) is 0 Å². The van der Waals surface area contributed by atoms with Crippen LogP contribution in [-0.2, 0) is 5.75 Å². The van der Waals surface area contributed by atoms with Crippen LogP contribution < -0.4 is 4.74 Å². The molecule has 1 heterocycles. The van der Waals surface area contributed by atoms with Crippen molar-refractivity contribution in [2.24, 2.45) is 0 Å². The van der Waals surface area contributed by atoms with Crippen molar-refractivity contribution in [3.8, 4) is 5.75 Å². The lowest BCUT2D eigenvalue weighted by Gasteiger charge is -2.12. The Balaban J connectivity index is 1.41. The molecule has 0 atom stereocenters. The van der Waals surface area contributed by atoms with Gasteiger partial charge in [0.05, 0.1) is 18.4 Å². The van der Waals surface area contributed by atoms with Crippen LogP contribution in [0.3, 0.4) is 0 Å². The smallest absolute Gasteiger partial charge is 0.161 e. The lowest BCUT2D eigenvalue weighted by Crippen LogP contribution is -2.05. The number of ether oxygens (including phenoxy) is 1. The predicted molar refractivity (Wildman–Crippen MR) is 93.0 cm³/mol. The molecule has 3 rings (SSSR count). The first kappa shape index (κ1) is 16.3. The van der Waals surface area contributed by atoms with Crippen molar-refractivity contribution in [2.75, 3.05) is 12.4 Å². The summed E-state index contributed by atoms with van der Waals surface area (Å²) < 4.78 is 7.83. The van der Waals surface area contributed by atoms with E-state index in [2.05, 4.69) is 54.5 Å². The van der Waals surface area contributed by atoms with Crippen molar-refractivity contribution in [1.82, 2.24) is 20.2 Å². The Hall–Kier alpha value is -1.56. The second kappa shape index (κ2) is 7.34. The first-order chi connectivity index (χ1) is 11.1. The molecule has 23 heavy (non-hydrogen) atoms. The van der Waals surface area contributed by atoms with E-state index in [1.54, 1.807) is 0 Å². The second-order valence-corrected chi connectivity index (χ2v) is 7.45.